The van der Waals surface area contributed by atoms with E-state index in [0.29, 0.717) is 5.56 Å². The zero-order valence-corrected chi connectivity index (χ0v) is 13.0. The van der Waals surface area contributed by atoms with Gasteiger partial charge in [-0.3, -0.25) is 0 Å². The summed E-state index contributed by atoms with van der Waals surface area (Å²) in [6.45, 7) is 6.33. The Labute approximate surface area is 126 Å². The average Bonchev–Trinajstić information content (AvgIpc) is 2.37. The number of hydrogen-bond donors (Lipinski definition) is 1. The molecular formula is C15H19BrF3N. The van der Waals surface area contributed by atoms with Gasteiger partial charge in [-0.25, -0.2) is 0 Å². The lowest BCUT2D eigenvalue weighted by Crippen LogP contribution is -2.21. The van der Waals surface area contributed by atoms with Crippen molar-refractivity contribution in [1.29, 1.82) is 0 Å². The first-order chi connectivity index (χ1) is 9.40. The first-order valence-electron chi connectivity index (χ1n) is 6.61. The summed E-state index contributed by atoms with van der Waals surface area (Å²) in [6.07, 6.45) is 0.0420. The average molecular weight is 350 g/mol. The van der Waals surface area contributed by atoms with Gasteiger partial charge in [0.1, 0.15) is 0 Å². The Morgan fingerprint density at radius 3 is 2.65 bits per heavy atom. The van der Waals surface area contributed by atoms with E-state index in [2.05, 4.69) is 27.8 Å². The highest BCUT2D eigenvalue weighted by Gasteiger charge is 2.33. The summed E-state index contributed by atoms with van der Waals surface area (Å²) in [7, 11) is 0. The van der Waals surface area contributed by atoms with Gasteiger partial charge in [0.05, 0.1) is 5.56 Å². The van der Waals surface area contributed by atoms with E-state index in [1.807, 2.05) is 13.0 Å². The molecule has 112 valence electrons. The second-order valence-electron chi connectivity index (χ2n) is 4.57. The zero-order valence-electron chi connectivity index (χ0n) is 11.4. The summed E-state index contributed by atoms with van der Waals surface area (Å²) in [5.41, 5.74) is 0.0491. The highest BCUT2D eigenvalue weighted by Crippen LogP contribution is 2.36. The molecule has 0 saturated heterocycles. The third-order valence-electron chi connectivity index (χ3n) is 3.05. The number of nitrogens with one attached hydrogen (secondary N) is 1. The number of alkyl halides is 3. The quantitative estimate of drug-likeness (QED) is 0.508. The summed E-state index contributed by atoms with van der Waals surface area (Å²) in [6, 6.07) is 4.37. The second-order valence-corrected chi connectivity index (χ2v) is 5.42. The van der Waals surface area contributed by atoms with E-state index < -0.39 is 11.7 Å². The largest absolute Gasteiger partial charge is 0.417 e. The molecule has 0 saturated carbocycles. The van der Waals surface area contributed by atoms with Crippen LogP contribution in [0, 0.1) is 0 Å². The van der Waals surface area contributed by atoms with E-state index in [0.717, 1.165) is 25.8 Å². The van der Waals surface area contributed by atoms with Gasteiger partial charge in [-0.1, -0.05) is 35.0 Å². The minimum atomic E-state index is -4.34. The Kier molecular flexibility index (Phi) is 6.76. The molecule has 1 rings (SSSR count). The van der Waals surface area contributed by atoms with Crippen LogP contribution in [0.5, 0.6) is 0 Å². The summed E-state index contributed by atoms with van der Waals surface area (Å²) >= 11 is 2.96. The Bertz CT molecular complexity index is 443. The van der Waals surface area contributed by atoms with Crippen molar-refractivity contribution in [3.63, 3.8) is 0 Å². The maximum Gasteiger partial charge on any atom is 0.417 e. The summed E-state index contributed by atoms with van der Waals surface area (Å²) < 4.78 is 38.8. The van der Waals surface area contributed by atoms with Gasteiger partial charge >= 0.3 is 6.18 Å². The summed E-state index contributed by atoms with van der Waals surface area (Å²) in [4.78, 5) is 0. The maximum atomic E-state index is 12.9. The lowest BCUT2D eigenvalue weighted by atomic mass is 9.99. The predicted molar refractivity (Wildman–Crippen MR) is 79.6 cm³/mol. The fraction of sp³-hybridized carbons (Fsp3) is 0.467. The topological polar surface area (TPSA) is 12.0 Å². The van der Waals surface area contributed by atoms with E-state index >= 15 is 0 Å². The van der Waals surface area contributed by atoms with Crippen LogP contribution < -0.4 is 5.32 Å². The lowest BCUT2D eigenvalue weighted by Gasteiger charge is -2.20. The Balaban J connectivity index is 2.98. The van der Waals surface area contributed by atoms with Crippen LogP contribution >= 0.6 is 15.9 Å². The van der Waals surface area contributed by atoms with Crippen LogP contribution in [-0.4, -0.2) is 6.54 Å². The fourth-order valence-corrected chi connectivity index (χ4v) is 2.55. The first-order valence-corrected chi connectivity index (χ1v) is 7.40. The van der Waals surface area contributed by atoms with Gasteiger partial charge in [0.2, 0.25) is 0 Å². The molecule has 0 radical (unpaired) electrons. The molecule has 0 aromatic heterocycles. The highest BCUT2D eigenvalue weighted by molar-refractivity contribution is 9.10. The van der Waals surface area contributed by atoms with Crippen LogP contribution in [0.1, 0.15) is 43.4 Å². The molecule has 0 heterocycles. The monoisotopic (exact) mass is 349 g/mol. The molecule has 1 aromatic carbocycles. The van der Waals surface area contributed by atoms with Crippen molar-refractivity contribution in [3.8, 4) is 0 Å². The number of benzene rings is 1. The van der Waals surface area contributed by atoms with E-state index in [1.165, 1.54) is 12.1 Å². The van der Waals surface area contributed by atoms with Gasteiger partial charge in [0.25, 0.3) is 0 Å². The van der Waals surface area contributed by atoms with Crippen molar-refractivity contribution < 1.29 is 13.2 Å². The van der Waals surface area contributed by atoms with Crippen LogP contribution in [0.4, 0.5) is 13.2 Å². The van der Waals surface area contributed by atoms with Gasteiger partial charge in [0, 0.05) is 10.5 Å². The molecule has 0 aliphatic heterocycles. The third-order valence-corrected chi connectivity index (χ3v) is 3.74. The van der Waals surface area contributed by atoms with Crippen LogP contribution in [0.2, 0.25) is 0 Å². The van der Waals surface area contributed by atoms with Gasteiger partial charge < -0.3 is 5.32 Å². The SMILES string of the molecule is C=CCCCC(NCC)c1ccc(Br)c(C(F)(F)F)c1. The Hall–Kier alpha value is -0.810. The van der Waals surface area contributed by atoms with Crippen molar-refractivity contribution in [2.45, 2.75) is 38.4 Å². The summed E-state index contributed by atoms with van der Waals surface area (Å²) in [5, 5.41) is 3.24. The minimum absolute atomic E-state index is 0.0610. The molecule has 1 atom stereocenters. The zero-order chi connectivity index (χ0) is 15.2. The van der Waals surface area contributed by atoms with Crippen molar-refractivity contribution in [1.82, 2.24) is 5.32 Å². The molecular weight excluding hydrogens is 331 g/mol. The molecule has 0 amide bonds. The fourth-order valence-electron chi connectivity index (χ4n) is 2.08. The minimum Gasteiger partial charge on any atom is -0.310 e. The number of allylic oxidation sites excluding steroid dienone is 1. The van der Waals surface area contributed by atoms with Gasteiger partial charge in [-0.05, 0) is 43.5 Å². The second kappa shape index (κ2) is 7.84. The molecule has 1 nitrogen and oxygen atoms in total. The standard InChI is InChI=1S/C15H19BrF3N/c1-3-5-6-7-14(20-4-2)11-8-9-13(16)12(10-11)15(17,18)19/h3,8-10,14,20H,1,4-7H2,2H3. The summed E-state index contributed by atoms with van der Waals surface area (Å²) in [5.74, 6) is 0. The molecule has 0 bridgehead atoms. The molecule has 0 aliphatic carbocycles. The smallest absolute Gasteiger partial charge is 0.310 e. The lowest BCUT2D eigenvalue weighted by molar-refractivity contribution is -0.138. The molecule has 5 heteroatoms. The molecule has 1 aromatic rings. The third kappa shape index (κ3) is 4.94. The van der Waals surface area contributed by atoms with Gasteiger partial charge in [-0.2, -0.15) is 13.2 Å². The number of unbranched alkanes of at least 4 members (excludes halogenated alkanes) is 1. The molecule has 1 unspecified atom stereocenters. The molecule has 0 aliphatic rings. The van der Waals surface area contributed by atoms with E-state index in [-0.39, 0.29) is 10.5 Å². The number of rotatable bonds is 7. The van der Waals surface area contributed by atoms with Crippen LogP contribution in [0.25, 0.3) is 0 Å². The van der Waals surface area contributed by atoms with Crippen LogP contribution in [0.15, 0.2) is 35.3 Å². The van der Waals surface area contributed by atoms with Gasteiger partial charge in [-0.15, -0.1) is 6.58 Å². The molecule has 0 spiro atoms. The van der Waals surface area contributed by atoms with Crippen LogP contribution in [0.3, 0.4) is 0 Å². The first kappa shape index (κ1) is 17.2. The number of hydrogen-bond acceptors (Lipinski definition) is 1. The van der Waals surface area contributed by atoms with Crippen molar-refractivity contribution >= 4 is 15.9 Å². The maximum absolute atomic E-state index is 12.9. The van der Waals surface area contributed by atoms with Crippen molar-refractivity contribution in [3.05, 3.63) is 46.5 Å². The van der Waals surface area contributed by atoms with Crippen LogP contribution in [-0.2, 0) is 6.18 Å². The number of halogens is 4. The van der Waals surface area contributed by atoms with E-state index in [4.69, 9.17) is 0 Å². The molecule has 20 heavy (non-hydrogen) atoms. The van der Waals surface area contributed by atoms with Gasteiger partial charge in [0.15, 0.2) is 0 Å². The predicted octanol–water partition coefficient (Wildman–Crippen LogP) is 5.47. The van der Waals surface area contributed by atoms with Crippen molar-refractivity contribution in [2.24, 2.45) is 0 Å². The highest BCUT2D eigenvalue weighted by atomic mass is 79.9. The Morgan fingerprint density at radius 1 is 1.40 bits per heavy atom. The normalized spacial score (nSPS) is 13.2. The van der Waals surface area contributed by atoms with Crippen molar-refractivity contribution in [2.75, 3.05) is 6.54 Å². The van der Waals surface area contributed by atoms with E-state index in [9.17, 15) is 13.2 Å². The Morgan fingerprint density at radius 2 is 2.10 bits per heavy atom. The molecule has 1 N–H and O–H groups in total. The van der Waals surface area contributed by atoms with E-state index in [1.54, 1.807) is 6.07 Å². The molecule has 0 fully saturated rings.